The van der Waals surface area contributed by atoms with Gasteiger partial charge in [0.1, 0.15) is 19.8 Å². The normalized spacial score (nSPS) is 27.6. The number of amidine groups is 1. The lowest BCUT2D eigenvalue weighted by Crippen LogP contribution is -2.38. The molecular formula is C16H18N2O6S2. The number of amides is 1. The summed E-state index contributed by atoms with van der Waals surface area (Å²) in [5, 5.41) is 0.343. The molecule has 2 atom stereocenters. The number of aliphatic imine (C=N–C) groups is 1. The standard InChI is InChI=1S/C16H18N2O6S2/c1-22-7-15(19)17-16-18(11-8-26(20,21)9-14(11)25-16)10-2-3-12-13(6-10)24-5-4-23-12/h2-3,6,11,14H,4-5,7-9H2,1H3/t11-,14+/m0/s1. The van der Waals surface area contributed by atoms with Gasteiger partial charge < -0.3 is 19.1 Å². The van der Waals surface area contributed by atoms with Gasteiger partial charge >= 0.3 is 0 Å². The molecule has 0 unspecified atom stereocenters. The molecule has 8 nitrogen and oxygen atoms in total. The van der Waals surface area contributed by atoms with Crippen LogP contribution in [0, 0.1) is 0 Å². The predicted molar refractivity (Wildman–Crippen MR) is 98.0 cm³/mol. The highest BCUT2D eigenvalue weighted by Gasteiger charge is 2.49. The van der Waals surface area contributed by atoms with Crippen molar-refractivity contribution in [1.82, 2.24) is 0 Å². The van der Waals surface area contributed by atoms with Gasteiger partial charge in [-0.25, -0.2) is 8.42 Å². The molecule has 3 heterocycles. The Hall–Kier alpha value is -1.78. The molecular weight excluding hydrogens is 380 g/mol. The van der Waals surface area contributed by atoms with Crippen molar-refractivity contribution >= 4 is 38.4 Å². The Labute approximate surface area is 155 Å². The van der Waals surface area contributed by atoms with Gasteiger partial charge in [-0.15, -0.1) is 0 Å². The van der Waals surface area contributed by atoms with E-state index in [9.17, 15) is 13.2 Å². The minimum absolute atomic E-state index is 0.0383. The van der Waals surface area contributed by atoms with E-state index in [-0.39, 0.29) is 29.4 Å². The highest BCUT2D eigenvalue weighted by atomic mass is 32.2. The van der Waals surface area contributed by atoms with Crippen LogP contribution in [0.5, 0.6) is 11.5 Å². The molecule has 140 valence electrons. The van der Waals surface area contributed by atoms with Crippen molar-refractivity contribution in [2.75, 3.05) is 43.3 Å². The first-order valence-electron chi connectivity index (χ1n) is 8.13. The molecule has 1 amide bonds. The topological polar surface area (TPSA) is 94.5 Å². The number of sulfone groups is 1. The Morgan fingerprint density at radius 1 is 1.31 bits per heavy atom. The molecule has 0 bridgehead atoms. The zero-order valence-corrected chi connectivity index (χ0v) is 15.7. The summed E-state index contributed by atoms with van der Waals surface area (Å²) in [4.78, 5) is 17.9. The predicted octanol–water partition coefficient (Wildman–Crippen LogP) is 0.706. The summed E-state index contributed by atoms with van der Waals surface area (Å²) in [5.74, 6) is 0.972. The summed E-state index contributed by atoms with van der Waals surface area (Å²) in [5.41, 5.74) is 0.732. The lowest BCUT2D eigenvalue weighted by molar-refractivity contribution is -0.121. The fourth-order valence-corrected chi connectivity index (χ4v) is 7.24. The number of nitrogens with zero attached hydrogens (tertiary/aromatic N) is 2. The zero-order valence-electron chi connectivity index (χ0n) is 14.1. The minimum Gasteiger partial charge on any atom is -0.486 e. The van der Waals surface area contributed by atoms with Crippen LogP contribution >= 0.6 is 11.8 Å². The number of methoxy groups -OCH3 is 1. The summed E-state index contributed by atoms with van der Waals surface area (Å²) in [6, 6.07) is 5.16. The first-order chi connectivity index (χ1) is 12.5. The number of carbonyl (C=O) groups excluding carboxylic acids is 1. The van der Waals surface area contributed by atoms with Gasteiger partial charge in [-0.05, 0) is 12.1 Å². The second kappa shape index (κ2) is 6.75. The molecule has 10 heteroatoms. The van der Waals surface area contributed by atoms with Crippen LogP contribution in [0.2, 0.25) is 0 Å². The van der Waals surface area contributed by atoms with Crippen LogP contribution in [0.25, 0.3) is 0 Å². The maximum Gasteiger partial charge on any atom is 0.274 e. The number of benzene rings is 1. The second-order valence-corrected chi connectivity index (χ2v) is 9.58. The Kier molecular flexibility index (Phi) is 4.57. The number of fused-ring (bicyclic) bond motifs is 2. The van der Waals surface area contributed by atoms with E-state index in [1.807, 2.05) is 11.0 Å². The van der Waals surface area contributed by atoms with Crippen molar-refractivity contribution < 1.29 is 27.4 Å². The molecule has 0 radical (unpaired) electrons. The Bertz CT molecular complexity index is 869. The van der Waals surface area contributed by atoms with Crippen LogP contribution in [0.15, 0.2) is 23.2 Å². The smallest absolute Gasteiger partial charge is 0.274 e. The molecule has 0 saturated carbocycles. The number of carbonyl (C=O) groups is 1. The largest absolute Gasteiger partial charge is 0.486 e. The van der Waals surface area contributed by atoms with Crippen LogP contribution < -0.4 is 14.4 Å². The van der Waals surface area contributed by atoms with E-state index < -0.39 is 15.7 Å². The SMILES string of the molecule is COCC(=O)N=C1S[C@@H]2CS(=O)(=O)C[C@@H]2N1c1ccc2c(c1)OCCO2. The van der Waals surface area contributed by atoms with Gasteiger partial charge in [0.2, 0.25) is 0 Å². The number of rotatable bonds is 3. The monoisotopic (exact) mass is 398 g/mol. The number of thioether (sulfide) groups is 1. The molecule has 3 aliphatic heterocycles. The highest BCUT2D eigenvalue weighted by molar-refractivity contribution is 8.16. The lowest BCUT2D eigenvalue weighted by atomic mass is 10.2. The van der Waals surface area contributed by atoms with Crippen LogP contribution in [0.3, 0.4) is 0 Å². The molecule has 26 heavy (non-hydrogen) atoms. The van der Waals surface area contributed by atoms with Crippen molar-refractivity contribution in [2.24, 2.45) is 4.99 Å². The van der Waals surface area contributed by atoms with E-state index in [4.69, 9.17) is 14.2 Å². The van der Waals surface area contributed by atoms with E-state index in [2.05, 4.69) is 4.99 Å². The highest BCUT2D eigenvalue weighted by Crippen LogP contribution is 2.43. The molecule has 2 saturated heterocycles. The molecule has 3 aliphatic rings. The molecule has 0 aromatic heterocycles. The third-order valence-corrected chi connectivity index (χ3v) is 7.57. The van der Waals surface area contributed by atoms with Gasteiger partial charge in [0.25, 0.3) is 5.91 Å². The quantitative estimate of drug-likeness (QED) is 0.735. The zero-order chi connectivity index (χ0) is 18.3. The second-order valence-electron chi connectivity index (χ2n) is 6.22. The molecule has 1 aromatic rings. The fraction of sp³-hybridized carbons (Fsp3) is 0.500. The maximum absolute atomic E-state index is 12.1. The van der Waals surface area contributed by atoms with Gasteiger partial charge in [-0.1, -0.05) is 11.8 Å². The molecule has 0 N–H and O–H groups in total. The van der Waals surface area contributed by atoms with Crippen molar-refractivity contribution in [3.63, 3.8) is 0 Å². The van der Waals surface area contributed by atoms with Crippen molar-refractivity contribution in [2.45, 2.75) is 11.3 Å². The summed E-state index contributed by atoms with van der Waals surface area (Å²) >= 11 is 1.33. The number of ether oxygens (including phenoxy) is 3. The van der Waals surface area contributed by atoms with Crippen LogP contribution in [0.1, 0.15) is 0 Å². The van der Waals surface area contributed by atoms with E-state index in [0.29, 0.717) is 29.9 Å². The third-order valence-electron chi connectivity index (χ3n) is 4.36. The minimum atomic E-state index is -3.11. The molecule has 1 aromatic carbocycles. The number of hydrogen-bond donors (Lipinski definition) is 0. The van der Waals surface area contributed by atoms with Gasteiger partial charge in [0.15, 0.2) is 26.5 Å². The molecule has 0 spiro atoms. The van der Waals surface area contributed by atoms with E-state index in [1.54, 1.807) is 12.1 Å². The first kappa shape index (κ1) is 17.6. The van der Waals surface area contributed by atoms with Crippen molar-refractivity contribution in [1.29, 1.82) is 0 Å². The Morgan fingerprint density at radius 2 is 2.08 bits per heavy atom. The van der Waals surface area contributed by atoms with Gasteiger partial charge in [0.05, 0.1) is 17.5 Å². The summed E-state index contributed by atoms with van der Waals surface area (Å²) in [6.07, 6.45) is 0. The summed E-state index contributed by atoms with van der Waals surface area (Å²) < 4.78 is 40.2. The van der Waals surface area contributed by atoms with Gasteiger partial charge in [-0.2, -0.15) is 4.99 Å². The van der Waals surface area contributed by atoms with Gasteiger partial charge in [-0.3, -0.25) is 4.79 Å². The Balaban J connectivity index is 1.72. The average Bonchev–Trinajstić information content (AvgIpc) is 3.05. The fourth-order valence-electron chi connectivity index (χ4n) is 3.31. The van der Waals surface area contributed by atoms with Crippen LogP contribution in [-0.2, 0) is 19.4 Å². The molecule has 2 fully saturated rings. The number of anilines is 1. The molecule has 0 aliphatic carbocycles. The summed E-state index contributed by atoms with van der Waals surface area (Å²) in [7, 11) is -1.68. The Morgan fingerprint density at radius 3 is 2.85 bits per heavy atom. The van der Waals surface area contributed by atoms with E-state index >= 15 is 0 Å². The number of hydrogen-bond acceptors (Lipinski definition) is 7. The maximum atomic E-state index is 12.1. The average molecular weight is 398 g/mol. The molecule has 4 rings (SSSR count). The van der Waals surface area contributed by atoms with E-state index in [0.717, 1.165) is 5.69 Å². The van der Waals surface area contributed by atoms with Crippen molar-refractivity contribution in [3.8, 4) is 11.5 Å². The van der Waals surface area contributed by atoms with E-state index in [1.165, 1.54) is 18.9 Å². The van der Waals surface area contributed by atoms with Crippen LogP contribution in [0.4, 0.5) is 5.69 Å². The lowest BCUT2D eigenvalue weighted by Gasteiger charge is -2.26. The summed E-state index contributed by atoms with van der Waals surface area (Å²) in [6.45, 7) is 0.832. The van der Waals surface area contributed by atoms with Gasteiger partial charge in [0, 0.05) is 24.1 Å². The first-order valence-corrected chi connectivity index (χ1v) is 10.8. The van der Waals surface area contributed by atoms with Crippen molar-refractivity contribution in [3.05, 3.63) is 18.2 Å². The third kappa shape index (κ3) is 3.28. The van der Waals surface area contributed by atoms with Crippen LogP contribution in [-0.4, -0.2) is 69.2 Å².